The van der Waals surface area contributed by atoms with E-state index in [1.165, 1.54) is 6.42 Å². The number of piperazine rings is 1. The average Bonchev–Trinajstić information content (AvgIpc) is 2.06. The first-order valence-corrected chi connectivity index (χ1v) is 6.01. The molecule has 1 aliphatic heterocycles. The molecule has 2 rings (SSSR count). The van der Waals surface area contributed by atoms with Crippen molar-refractivity contribution in [3.8, 4) is 0 Å². The van der Waals surface area contributed by atoms with E-state index in [2.05, 4.69) is 30.7 Å². The number of carbonyl (C=O) groups excluding carboxylic acids is 1. The van der Waals surface area contributed by atoms with E-state index in [4.69, 9.17) is 0 Å². The molecular formula is C12H22N2O. The highest BCUT2D eigenvalue weighted by molar-refractivity contribution is 5.79. The maximum absolute atomic E-state index is 12.1. The lowest BCUT2D eigenvalue weighted by Crippen LogP contribution is -2.60. The van der Waals surface area contributed by atoms with Crippen molar-refractivity contribution in [1.29, 1.82) is 0 Å². The van der Waals surface area contributed by atoms with E-state index in [1.807, 2.05) is 0 Å². The molecule has 1 heterocycles. The van der Waals surface area contributed by atoms with Gasteiger partial charge in [0.2, 0.25) is 5.91 Å². The van der Waals surface area contributed by atoms with E-state index in [1.54, 1.807) is 0 Å². The molecule has 0 unspecified atom stereocenters. The topological polar surface area (TPSA) is 23.6 Å². The van der Waals surface area contributed by atoms with Gasteiger partial charge in [0.25, 0.3) is 0 Å². The summed E-state index contributed by atoms with van der Waals surface area (Å²) >= 11 is 0. The monoisotopic (exact) mass is 210 g/mol. The van der Waals surface area contributed by atoms with Gasteiger partial charge in [0.15, 0.2) is 0 Å². The summed E-state index contributed by atoms with van der Waals surface area (Å²) in [6.07, 6.45) is 3.48. The van der Waals surface area contributed by atoms with Gasteiger partial charge in [-0.3, -0.25) is 9.69 Å². The molecule has 1 saturated heterocycles. The lowest BCUT2D eigenvalue weighted by molar-refractivity contribution is -0.142. The van der Waals surface area contributed by atoms with E-state index >= 15 is 0 Å². The fraction of sp³-hybridized carbons (Fsp3) is 0.917. The number of amides is 1. The SMILES string of the molecule is CN1CCN(C(=O)C2CCC2)CC1(C)C. The van der Waals surface area contributed by atoms with Gasteiger partial charge in [-0.15, -0.1) is 0 Å². The van der Waals surface area contributed by atoms with Crippen molar-refractivity contribution in [2.45, 2.75) is 38.6 Å². The summed E-state index contributed by atoms with van der Waals surface area (Å²) < 4.78 is 0. The maximum atomic E-state index is 12.1. The largest absolute Gasteiger partial charge is 0.339 e. The minimum atomic E-state index is 0.137. The number of likely N-dealkylation sites (N-methyl/N-ethyl adjacent to an activating group) is 1. The van der Waals surface area contributed by atoms with Gasteiger partial charge in [-0.05, 0) is 33.7 Å². The van der Waals surface area contributed by atoms with Crippen LogP contribution in [0.25, 0.3) is 0 Å². The summed E-state index contributed by atoms with van der Waals surface area (Å²) in [6, 6.07) is 0. The van der Waals surface area contributed by atoms with Crippen LogP contribution in [0.1, 0.15) is 33.1 Å². The van der Waals surface area contributed by atoms with Crippen LogP contribution in [0.3, 0.4) is 0 Å². The number of rotatable bonds is 1. The molecule has 0 aromatic heterocycles. The van der Waals surface area contributed by atoms with Crippen LogP contribution in [0, 0.1) is 5.92 Å². The molecule has 0 radical (unpaired) electrons. The summed E-state index contributed by atoms with van der Waals surface area (Å²) in [5, 5.41) is 0. The van der Waals surface area contributed by atoms with Gasteiger partial charge in [-0.25, -0.2) is 0 Å². The van der Waals surface area contributed by atoms with Gasteiger partial charge < -0.3 is 4.90 Å². The van der Waals surface area contributed by atoms with Crippen LogP contribution in [0.5, 0.6) is 0 Å². The average molecular weight is 210 g/mol. The zero-order valence-electron chi connectivity index (χ0n) is 10.1. The maximum Gasteiger partial charge on any atom is 0.225 e. The van der Waals surface area contributed by atoms with Crippen molar-refractivity contribution in [2.24, 2.45) is 5.92 Å². The highest BCUT2D eigenvalue weighted by Gasteiger charge is 2.36. The summed E-state index contributed by atoms with van der Waals surface area (Å²) in [5.41, 5.74) is 0.137. The molecule has 15 heavy (non-hydrogen) atoms. The van der Waals surface area contributed by atoms with Crippen molar-refractivity contribution in [3.05, 3.63) is 0 Å². The highest BCUT2D eigenvalue weighted by Crippen LogP contribution is 2.30. The number of hydrogen-bond donors (Lipinski definition) is 0. The second kappa shape index (κ2) is 3.78. The third-order valence-electron chi connectivity index (χ3n) is 4.08. The molecule has 3 nitrogen and oxygen atoms in total. The molecule has 0 aromatic rings. The molecule has 3 heteroatoms. The van der Waals surface area contributed by atoms with Gasteiger partial charge in [0.1, 0.15) is 0 Å². The molecule has 2 aliphatic rings. The van der Waals surface area contributed by atoms with Crippen LogP contribution in [0.15, 0.2) is 0 Å². The molecule has 0 aromatic carbocycles. The summed E-state index contributed by atoms with van der Waals surface area (Å²) in [4.78, 5) is 16.5. The van der Waals surface area contributed by atoms with Crippen LogP contribution in [0.4, 0.5) is 0 Å². The van der Waals surface area contributed by atoms with Crippen molar-refractivity contribution in [2.75, 3.05) is 26.7 Å². The van der Waals surface area contributed by atoms with E-state index in [0.29, 0.717) is 11.8 Å². The Bertz CT molecular complexity index is 258. The molecule has 1 saturated carbocycles. The standard InChI is InChI=1S/C12H22N2O/c1-12(2)9-14(8-7-13(12)3)11(15)10-5-4-6-10/h10H,4-9H2,1-3H3. The van der Waals surface area contributed by atoms with Crippen molar-refractivity contribution in [3.63, 3.8) is 0 Å². The number of nitrogens with zero attached hydrogens (tertiary/aromatic N) is 2. The van der Waals surface area contributed by atoms with E-state index in [-0.39, 0.29) is 5.54 Å². The second-order valence-electron chi connectivity index (χ2n) is 5.62. The molecule has 1 amide bonds. The van der Waals surface area contributed by atoms with Crippen LogP contribution in [0.2, 0.25) is 0 Å². The Kier molecular flexibility index (Phi) is 2.75. The van der Waals surface area contributed by atoms with Crippen LogP contribution in [-0.2, 0) is 4.79 Å². The lowest BCUT2D eigenvalue weighted by Gasteiger charge is -2.46. The third kappa shape index (κ3) is 2.03. The van der Waals surface area contributed by atoms with Gasteiger partial charge in [-0.1, -0.05) is 6.42 Å². The van der Waals surface area contributed by atoms with Crippen LogP contribution in [-0.4, -0.2) is 47.9 Å². The van der Waals surface area contributed by atoms with Crippen LogP contribution < -0.4 is 0 Å². The predicted molar refractivity (Wildman–Crippen MR) is 60.6 cm³/mol. The van der Waals surface area contributed by atoms with E-state index in [0.717, 1.165) is 32.5 Å². The lowest BCUT2D eigenvalue weighted by atomic mass is 9.83. The van der Waals surface area contributed by atoms with Crippen molar-refractivity contribution in [1.82, 2.24) is 9.80 Å². The molecular weight excluding hydrogens is 188 g/mol. The molecule has 1 aliphatic carbocycles. The first kappa shape index (κ1) is 10.9. The van der Waals surface area contributed by atoms with Crippen molar-refractivity contribution < 1.29 is 4.79 Å². The first-order valence-electron chi connectivity index (χ1n) is 6.01. The van der Waals surface area contributed by atoms with Gasteiger partial charge >= 0.3 is 0 Å². The van der Waals surface area contributed by atoms with Gasteiger partial charge in [0, 0.05) is 31.1 Å². The quantitative estimate of drug-likeness (QED) is 0.652. The Labute approximate surface area is 92.4 Å². The summed E-state index contributed by atoms with van der Waals surface area (Å²) in [5.74, 6) is 0.756. The normalized spacial score (nSPS) is 27.5. The molecule has 0 spiro atoms. The molecule has 0 N–H and O–H groups in total. The smallest absolute Gasteiger partial charge is 0.225 e. The molecule has 0 atom stereocenters. The molecule has 2 fully saturated rings. The molecule has 86 valence electrons. The molecule has 0 bridgehead atoms. The van der Waals surface area contributed by atoms with E-state index < -0.39 is 0 Å². The Hall–Kier alpha value is -0.570. The number of carbonyl (C=O) groups is 1. The van der Waals surface area contributed by atoms with Gasteiger partial charge in [0.05, 0.1) is 0 Å². The number of hydrogen-bond acceptors (Lipinski definition) is 2. The minimum absolute atomic E-state index is 0.137. The highest BCUT2D eigenvalue weighted by atomic mass is 16.2. The third-order valence-corrected chi connectivity index (χ3v) is 4.08. The Morgan fingerprint density at radius 3 is 2.40 bits per heavy atom. The zero-order chi connectivity index (χ0) is 11.1. The zero-order valence-corrected chi connectivity index (χ0v) is 10.1. The minimum Gasteiger partial charge on any atom is -0.339 e. The Morgan fingerprint density at radius 1 is 1.27 bits per heavy atom. The first-order chi connectivity index (χ1) is 7.00. The van der Waals surface area contributed by atoms with Gasteiger partial charge in [-0.2, -0.15) is 0 Å². The van der Waals surface area contributed by atoms with Crippen molar-refractivity contribution >= 4 is 5.91 Å². The summed E-state index contributed by atoms with van der Waals surface area (Å²) in [7, 11) is 2.14. The second-order valence-corrected chi connectivity index (χ2v) is 5.62. The Morgan fingerprint density at radius 2 is 1.93 bits per heavy atom. The fourth-order valence-electron chi connectivity index (χ4n) is 2.34. The summed E-state index contributed by atoms with van der Waals surface area (Å²) in [6.45, 7) is 7.24. The predicted octanol–water partition coefficient (Wildman–Crippen LogP) is 1.34. The Balaban J connectivity index is 1.96. The van der Waals surface area contributed by atoms with Crippen LogP contribution >= 0.6 is 0 Å². The van der Waals surface area contributed by atoms with E-state index in [9.17, 15) is 4.79 Å². The fourth-order valence-corrected chi connectivity index (χ4v) is 2.34.